The lowest BCUT2D eigenvalue weighted by Gasteiger charge is -2.19. The van der Waals surface area contributed by atoms with Gasteiger partial charge in [0.2, 0.25) is 0 Å². The topological polar surface area (TPSA) is 41.6 Å². The van der Waals surface area contributed by atoms with E-state index in [1.54, 1.807) is 0 Å². The van der Waals surface area contributed by atoms with Crippen LogP contribution in [0.1, 0.15) is 19.4 Å². The van der Waals surface area contributed by atoms with Crippen molar-refractivity contribution in [2.75, 3.05) is 25.4 Å². The van der Waals surface area contributed by atoms with Gasteiger partial charge < -0.3 is 10.6 Å². The molecule has 2 N–H and O–H groups in total. The van der Waals surface area contributed by atoms with Crippen LogP contribution in [-0.2, 0) is 5.75 Å². The number of rotatable bonds is 7. The van der Waals surface area contributed by atoms with Gasteiger partial charge in [-0.15, -0.1) is 0 Å². The highest BCUT2D eigenvalue weighted by Crippen LogP contribution is 2.22. The first-order valence-corrected chi connectivity index (χ1v) is 9.01. The zero-order valence-electron chi connectivity index (χ0n) is 13.5. The Hall–Kier alpha value is -1.68. The number of benzene rings is 2. The zero-order chi connectivity index (χ0) is 15.8. The average molecular weight is 315 g/mol. The van der Waals surface area contributed by atoms with Crippen LogP contribution < -0.4 is 5.73 Å². The standard InChI is InChI=1S/C18H25N3S/c1-3-21(4-2)18(19)20-12-13-22-14-16-10-7-9-15-8-5-6-11-17(15)16/h5-11H,3-4,12-14H2,1-2H3,(H2,19,20). The van der Waals surface area contributed by atoms with Crippen molar-refractivity contribution in [3.8, 4) is 0 Å². The number of hydrogen-bond donors (Lipinski definition) is 1. The lowest BCUT2D eigenvalue weighted by atomic mass is 10.1. The van der Waals surface area contributed by atoms with Crippen molar-refractivity contribution in [2.45, 2.75) is 19.6 Å². The van der Waals surface area contributed by atoms with Crippen molar-refractivity contribution in [1.82, 2.24) is 4.90 Å². The molecule has 0 aromatic heterocycles. The number of guanidine groups is 1. The summed E-state index contributed by atoms with van der Waals surface area (Å²) in [5, 5.41) is 2.66. The van der Waals surface area contributed by atoms with Crippen molar-refractivity contribution in [1.29, 1.82) is 0 Å². The van der Waals surface area contributed by atoms with Gasteiger partial charge in [0.05, 0.1) is 6.54 Å². The molecule has 4 heteroatoms. The molecule has 0 aliphatic heterocycles. The molecule has 0 amide bonds. The predicted molar refractivity (Wildman–Crippen MR) is 99.5 cm³/mol. The van der Waals surface area contributed by atoms with Crippen LogP contribution in [-0.4, -0.2) is 36.2 Å². The van der Waals surface area contributed by atoms with E-state index in [4.69, 9.17) is 5.73 Å². The Morgan fingerprint density at radius 2 is 1.82 bits per heavy atom. The van der Waals surface area contributed by atoms with Crippen LogP contribution in [0.15, 0.2) is 47.5 Å². The average Bonchev–Trinajstić information content (AvgIpc) is 2.56. The van der Waals surface area contributed by atoms with Crippen LogP contribution >= 0.6 is 11.8 Å². The maximum atomic E-state index is 5.97. The van der Waals surface area contributed by atoms with Crippen LogP contribution in [0.3, 0.4) is 0 Å². The van der Waals surface area contributed by atoms with E-state index in [2.05, 4.69) is 66.2 Å². The summed E-state index contributed by atoms with van der Waals surface area (Å²) in [6.07, 6.45) is 0. The van der Waals surface area contributed by atoms with Crippen LogP contribution in [0.2, 0.25) is 0 Å². The van der Waals surface area contributed by atoms with Crippen molar-refractivity contribution in [2.24, 2.45) is 10.7 Å². The molecule has 0 fully saturated rings. The Labute approximate surface area is 137 Å². The molecule has 3 nitrogen and oxygen atoms in total. The fraction of sp³-hybridized carbons (Fsp3) is 0.389. The summed E-state index contributed by atoms with van der Waals surface area (Å²) in [4.78, 5) is 6.54. The molecule has 118 valence electrons. The lowest BCUT2D eigenvalue weighted by Crippen LogP contribution is -2.37. The molecule has 0 radical (unpaired) electrons. The zero-order valence-corrected chi connectivity index (χ0v) is 14.3. The Morgan fingerprint density at radius 1 is 1.09 bits per heavy atom. The summed E-state index contributed by atoms with van der Waals surface area (Å²) in [7, 11) is 0. The summed E-state index contributed by atoms with van der Waals surface area (Å²) in [5.74, 6) is 2.67. The number of aliphatic imine (C=N–C) groups is 1. The van der Waals surface area contributed by atoms with E-state index in [1.807, 2.05) is 11.8 Å². The van der Waals surface area contributed by atoms with Crippen LogP contribution in [0.4, 0.5) is 0 Å². The summed E-state index contributed by atoms with van der Waals surface area (Å²) < 4.78 is 0. The third-order valence-electron chi connectivity index (χ3n) is 3.73. The molecule has 22 heavy (non-hydrogen) atoms. The molecule has 0 saturated heterocycles. The number of hydrogen-bond acceptors (Lipinski definition) is 2. The molecule has 0 spiro atoms. The molecule has 2 rings (SSSR count). The largest absolute Gasteiger partial charge is 0.370 e. The predicted octanol–water partition coefficient (Wildman–Crippen LogP) is 3.73. The van der Waals surface area contributed by atoms with Gasteiger partial charge in [-0.05, 0) is 30.2 Å². The molecule has 0 aliphatic rings. The van der Waals surface area contributed by atoms with E-state index >= 15 is 0 Å². The summed E-state index contributed by atoms with van der Waals surface area (Å²) in [6.45, 7) is 6.80. The highest BCUT2D eigenvalue weighted by atomic mass is 32.2. The molecule has 2 aromatic rings. The summed E-state index contributed by atoms with van der Waals surface area (Å²) in [6, 6.07) is 15.1. The molecule has 0 unspecified atom stereocenters. The quantitative estimate of drug-likeness (QED) is 0.481. The van der Waals surface area contributed by atoms with E-state index in [-0.39, 0.29) is 0 Å². The fourth-order valence-electron chi connectivity index (χ4n) is 2.47. The minimum atomic E-state index is 0.663. The van der Waals surface area contributed by atoms with E-state index < -0.39 is 0 Å². The van der Waals surface area contributed by atoms with Gasteiger partial charge in [0.1, 0.15) is 0 Å². The van der Waals surface area contributed by atoms with Gasteiger partial charge in [-0.3, -0.25) is 4.99 Å². The third-order valence-corrected chi connectivity index (χ3v) is 4.72. The molecule has 0 atom stereocenters. The smallest absolute Gasteiger partial charge is 0.191 e. The Balaban J connectivity index is 1.85. The molecular weight excluding hydrogens is 290 g/mol. The summed E-state index contributed by atoms with van der Waals surface area (Å²) in [5.41, 5.74) is 7.37. The van der Waals surface area contributed by atoms with Gasteiger partial charge in [-0.25, -0.2) is 0 Å². The van der Waals surface area contributed by atoms with Gasteiger partial charge in [0, 0.05) is 24.6 Å². The van der Waals surface area contributed by atoms with Crippen LogP contribution in [0, 0.1) is 0 Å². The first kappa shape index (κ1) is 16.7. The van der Waals surface area contributed by atoms with Gasteiger partial charge in [0.15, 0.2) is 5.96 Å². The minimum Gasteiger partial charge on any atom is -0.370 e. The molecule has 0 bridgehead atoms. The van der Waals surface area contributed by atoms with Gasteiger partial charge in [-0.1, -0.05) is 42.5 Å². The van der Waals surface area contributed by atoms with Gasteiger partial charge in [0.25, 0.3) is 0 Å². The second-order valence-electron chi connectivity index (χ2n) is 5.10. The number of nitrogens with zero attached hydrogens (tertiary/aromatic N) is 2. The van der Waals surface area contributed by atoms with Gasteiger partial charge >= 0.3 is 0 Å². The SMILES string of the molecule is CCN(CC)C(N)=NCCSCc1cccc2ccccc12. The molecule has 0 heterocycles. The lowest BCUT2D eigenvalue weighted by molar-refractivity contribution is 0.458. The number of thioether (sulfide) groups is 1. The Kier molecular flexibility index (Phi) is 6.59. The third kappa shape index (κ3) is 4.41. The Bertz CT molecular complexity index is 615. The second-order valence-corrected chi connectivity index (χ2v) is 6.21. The van der Waals surface area contributed by atoms with E-state index in [9.17, 15) is 0 Å². The number of fused-ring (bicyclic) bond motifs is 1. The van der Waals surface area contributed by atoms with E-state index in [0.717, 1.165) is 31.1 Å². The number of nitrogens with two attached hydrogens (primary N) is 1. The van der Waals surface area contributed by atoms with Crippen LogP contribution in [0.5, 0.6) is 0 Å². The maximum absolute atomic E-state index is 5.97. The molecule has 0 aliphatic carbocycles. The van der Waals surface area contributed by atoms with Crippen molar-refractivity contribution >= 4 is 28.5 Å². The minimum absolute atomic E-state index is 0.663. The van der Waals surface area contributed by atoms with E-state index in [0.29, 0.717) is 5.96 Å². The van der Waals surface area contributed by atoms with Gasteiger partial charge in [-0.2, -0.15) is 11.8 Å². The monoisotopic (exact) mass is 315 g/mol. The first-order valence-electron chi connectivity index (χ1n) is 7.85. The highest BCUT2D eigenvalue weighted by Gasteiger charge is 2.02. The highest BCUT2D eigenvalue weighted by molar-refractivity contribution is 7.98. The van der Waals surface area contributed by atoms with Crippen LogP contribution in [0.25, 0.3) is 10.8 Å². The summed E-state index contributed by atoms with van der Waals surface area (Å²) >= 11 is 1.91. The maximum Gasteiger partial charge on any atom is 0.191 e. The van der Waals surface area contributed by atoms with E-state index in [1.165, 1.54) is 16.3 Å². The molecule has 2 aromatic carbocycles. The van der Waals surface area contributed by atoms with Crippen molar-refractivity contribution in [3.05, 3.63) is 48.0 Å². The van der Waals surface area contributed by atoms with Crippen molar-refractivity contribution in [3.63, 3.8) is 0 Å². The van der Waals surface area contributed by atoms with Crippen molar-refractivity contribution < 1.29 is 0 Å². The Morgan fingerprint density at radius 3 is 2.59 bits per heavy atom. The molecule has 0 saturated carbocycles. The fourth-order valence-corrected chi connectivity index (χ4v) is 3.31. The molecular formula is C18H25N3S. The normalized spacial score (nSPS) is 11.8. The second kappa shape index (κ2) is 8.69. The first-order chi connectivity index (χ1) is 10.8.